The Balaban J connectivity index is 1.73. The standard InChI is InChI=1S/C14H24N2S/c1-16(12-13-6-5-11-17-13)10-9-14(15)7-3-2-4-8-14/h5-6,11H,2-4,7-10,12,15H2,1H3. The monoisotopic (exact) mass is 252 g/mol. The molecule has 0 radical (unpaired) electrons. The van der Waals surface area contributed by atoms with E-state index in [0.29, 0.717) is 0 Å². The van der Waals surface area contributed by atoms with E-state index in [-0.39, 0.29) is 5.54 Å². The highest BCUT2D eigenvalue weighted by Crippen LogP contribution is 2.28. The van der Waals surface area contributed by atoms with Crippen LogP contribution in [0.25, 0.3) is 0 Å². The Bertz CT molecular complexity index is 315. The van der Waals surface area contributed by atoms with E-state index in [2.05, 4.69) is 29.5 Å². The molecule has 2 nitrogen and oxygen atoms in total. The van der Waals surface area contributed by atoms with Crippen molar-refractivity contribution in [1.82, 2.24) is 4.90 Å². The molecule has 1 aliphatic rings. The highest BCUT2D eigenvalue weighted by atomic mass is 32.1. The summed E-state index contributed by atoms with van der Waals surface area (Å²) in [5, 5.41) is 2.15. The molecule has 0 aliphatic heterocycles. The second-order valence-corrected chi connectivity index (χ2v) is 6.52. The number of rotatable bonds is 5. The maximum atomic E-state index is 6.46. The van der Waals surface area contributed by atoms with Crippen LogP contribution in [0.15, 0.2) is 17.5 Å². The number of hydrogen-bond acceptors (Lipinski definition) is 3. The zero-order chi connectivity index (χ0) is 12.1. The Morgan fingerprint density at radius 3 is 2.76 bits per heavy atom. The van der Waals surface area contributed by atoms with E-state index in [9.17, 15) is 0 Å². The topological polar surface area (TPSA) is 29.3 Å². The molecule has 1 aromatic rings. The van der Waals surface area contributed by atoms with E-state index >= 15 is 0 Å². The summed E-state index contributed by atoms with van der Waals surface area (Å²) in [6.45, 7) is 2.18. The van der Waals surface area contributed by atoms with Crippen molar-refractivity contribution in [2.75, 3.05) is 13.6 Å². The molecule has 3 heteroatoms. The average Bonchev–Trinajstić information content (AvgIpc) is 2.80. The Hall–Kier alpha value is -0.380. The first-order valence-corrected chi connectivity index (χ1v) is 7.56. The van der Waals surface area contributed by atoms with Crippen molar-refractivity contribution in [3.05, 3.63) is 22.4 Å². The molecule has 2 N–H and O–H groups in total. The lowest BCUT2D eigenvalue weighted by molar-refractivity contribution is 0.227. The van der Waals surface area contributed by atoms with Gasteiger partial charge in [0.25, 0.3) is 0 Å². The summed E-state index contributed by atoms with van der Waals surface area (Å²) in [6, 6.07) is 4.33. The lowest BCUT2D eigenvalue weighted by Gasteiger charge is -2.34. The molecule has 1 heterocycles. The molecule has 0 bridgehead atoms. The Morgan fingerprint density at radius 1 is 1.35 bits per heavy atom. The van der Waals surface area contributed by atoms with E-state index in [0.717, 1.165) is 19.5 Å². The summed E-state index contributed by atoms with van der Waals surface area (Å²) in [7, 11) is 2.20. The first-order chi connectivity index (χ1) is 8.18. The molecule has 1 fully saturated rings. The van der Waals surface area contributed by atoms with Crippen LogP contribution >= 0.6 is 11.3 Å². The zero-order valence-corrected chi connectivity index (χ0v) is 11.6. The van der Waals surface area contributed by atoms with Gasteiger partial charge in [0.05, 0.1) is 0 Å². The van der Waals surface area contributed by atoms with Crippen molar-refractivity contribution in [3.8, 4) is 0 Å². The number of nitrogens with zero attached hydrogens (tertiary/aromatic N) is 1. The van der Waals surface area contributed by atoms with Gasteiger partial charge in [-0.25, -0.2) is 0 Å². The second-order valence-electron chi connectivity index (χ2n) is 5.49. The maximum Gasteiger partial charge on any atom is 0.0324 e. The molecule has 0 unspecified atom stereocenters. The van der Waals surface area contributed by atoms with Gasteiger partial charge in [0.1, 0.15) is 0 Å². The van der Waals surface area contributed by atoms with Crippen LogP contribution in [0.4, 0.5) is 0 Å². The van der Waals surface area contributed by atoms with Gasteiger partial charge >= 0.3 is 0 Å². The lowest BCUT2D eigenvalue weighted by Crippen LogP contribution is -2.44. The van der Waals surface area contributed by atoms with Gasteiger partial charge in [0.15, 0.2) is 0 Å². The van der Waals surface area contributed by atoms with Crippen molar-refractivity contribution >= 4 is 11.3 Å². The molecule has 0 amide bonds. The molecule has 0 atom stereocenters. The molecule has 0 aromatic carbocycles. The summed E-state index contributed by atoms with van der Waals surface area (Å²) >= 11 is 1.84. The fraction of sp³-hybridized carbons (Fsp3) is 0.714. The molecule has 0 spiro atoms. The molecule has 1 saturated carbocycles. The normalized spacial score (nSPS) is 19.7. The van der Waals surface area contributed by atoms with Gasteiger partial charge in [-0.3, -0.25) is 0 Å². The fourth-order valence-electron chi connectivity index (χ4n) is 2.67. The van der Waals surface area contributed by atoms with Gasteiger partial charge in [-0.15, -0.1) is 11.3 Å². The highest BCUT2D eigenvalue weighted by Gasteiger charge is 2.27. The summed E-state index contributed by atoms with van der Waals surface area (Å²) in [4.78, 5) is 3.84. The average molecular weight is 252 g/mol. The van der Waals surface area contributed by atoms with Crippen LogP contribution in [0.3, 0.4) is 0 Å². The SMILES string of the molecule is CN(CCC1(N)CCCCC1)Cc1cccs1. The molecule has 1 aliphatic carbocycles. The molecular formula is C14H24N2S. The Labute approximate surface area is 109 Å². The molecule has 0 saturated heterocycles. The highest BCUT2D eigenvalue weighted by molar-refractivity contribution is 7.09. The van der Waals surface area contributed by atoms with Crippen molar-refractivity contribution in [2.24, 2.45) is 5.73 Å². The van der Waals surface area contributed by atoms with Gasteiger partial charge in [0, 0.05) is 17.0 Å². The predicted molar refractivity (Wildman–Crippen MR) is 75.3 cm³/mol. The van der Waals surface area contributed by atoms with E-state index < -0.39 is 0 Å². The first kappa shape index (κ1) is 13.1. The third kappa shape index (κ3) is 4.09. The van der Waals surface area contributed by atoms with Crippen molar-refractivity contribution in [2.45, 2.75) is 50.6 Å². The fourth-order valence-corrected chi connectivity index (χ4v) is 3.45. The summed E-state index contributed by atoms with van der Waals surface area (Å²) in [5.74, 6) is 0. The smallest absolute Gasteiger partial charge is 0.0324 e. The minimum Gasteiger partial charge on any atom is -0.325 e. The van der Waals surface area contributed by atoms with E-state index in [4.69, 9.17) is 5.73 Å². The second kappa shape index (κ2) is 5.98. The Kier molecular flexibility index (Phi) is 4.60. The van der Waals surface area contributed by atoms with Crippen LogP contribution in [0.1, 0.15) is 43.4 Å². The summed E-state index contributed by atoms with van der Waals surface area (Å²) in [6.07, 6.45) is 7.62. The van der Waals surface area contributed by atoms with E-state index in [1.54, 1.807) is 0 Å². The number of thiophene rings is 1. The van der Waals surface area contributed by atoms with E-state index in [1.807, 2.05) is 11.3 Å². The summed E-state index contributed by atoms with van der Waals surface area (Å²) in [5.41, 5.74) is 6.58. The minimum absolute atomic E-state index is 0.127. The molecule has 2 rings (SSSR count). The molecular weight excluding hydrogens is 228 g/mol. The zero-order valence-electron chi connectivity index (χ0n) is 10.8. The van der Waals surface area contributed by atoms with Gasteiger partial charge in [-0.2, -0.15) is 0 Å². The van der Waals surface area contributed by atoms with Crippen LogP contribution in [-0.4, -0.2) is 24.0 Å². The predicted octanol–water partition coefficient (Wildman–Crippen LogP) is 3.23. The van der Waals surface area contributed by atoms with Crippen LogP contribution in [0, 0.1) is 0 Å². The number of nitrogens with two attached hydrogens (primary N) is 1. The Morgan fingerprint density at radius 2 is 2.12 bits per heavy atom. The van der Waals surface area contributed by atoms with Crippen LogP contribution < -0.4 is 5.73 Å². The molecule has 17 heavy (non-hydrogen) atoms. The van der Waals surface area contributed by atoms with Crippen molar-refractivity contribution in [3.63, 3.8) is 0 Å². The maximum absolute atomic E-state index is 6.46. The lowest BCUT2D eigenvalue weighted by atomic mass is 9.80. The largest absolute Gasteiger partial charge is 0.325 e. The number of hydrogen-bond donors (Lipinski definition) is 1. The van der Waals surface area contributed by atoms with Crippen LogP contribution in [0.5, 0.6) is 0 Å². The van der Waals surface area contributed by atoms with Crippen molar-refractivity contribution < 1.29 is 0 Å². The summed E-state index contributed by atoms with van der Waals surface area (Å²) < 4.78 is 0. The molecule has 1 aromatic heterocycles. The quantitative estimate of drug-likeness (QED) is 0.872. The third-order valence-electron chi connectivity index (χ3n) is 3.85. The van der Waals surface area contributed by atoms with Gasteiger partial charge in [0.2, 0.25) is 0 Å². The van der Waals surface area contributed by atoms with E-state index in [1.165, 1.54) is 37.0 Å². The van der Waals surface area contributed by atoms with Crippen LogP contribution in [-0.2, 0) is 6.54 Å². The third-order valence-corrected chi connectivity index (χ3v) is 4.71. The minimum atomic E-state index is 0.127. The van der Waals surface area contributed by atoms with Gasteiger partial charge in [-0.05, 0) is 44.3 Å². The first-order valence-electron chi connectivity index (χ1n) is 6.68. The van der Waals surface area contributed by atoms with Gasteiger partial charge < -0.3 is 10.6 Å². The van der Waals surface area contributed by atoms with Gasteiger partial charge in [-0.1, -0.05) is 25.3 Å². The van der Waals surface area contributed by atoms with Crippen LogP contribution in [0.2, 0.25) is 0 Å². The van der Waals surface area contributed by atoms with Crippen molar-refractivity contribution in [1.29, 1.82) is 0 Å². The molecule has 96 valence electrons.